The van der Waals surface area contributed by atoms with Crippen LogP contribution >= 0.6 is 0 Å². The monoisotopic (exact) mass is 338 g/mol. The fourth-order valence-electron chi connectivity index (χ4n) is 3.43. The fraction of sp³-hybridized carbons (Fsp3) is 0.409. The van der Waals surface area contributed by atoms with Crippen LogP contribution in [0.1, 0.15) is 67.4 Å². The maximum Gasteiger partial charge on any atom is 0.170 e. The second-order valence-corrected chi connectivity index (χ2v) is 7.66. The van der Waals surface area contributed by atoms with E-state index < -0.39 is 5.60 Å². The van der Waals surface area contributed by atoms with Crippen molar-refractivity contribution in [3.05, 3.63) is 59.2 Å². The van der Waals surface area contributed by atoms with Gasteiger partial charge in [-0.25, -0.2) is 0 Å². The molecule has 3 heteroatoms. The Labute approximate surface area is 150 Å². The number of Topliss-reactive ketones (excluding diaryl/α,β-unsaturated/α-hetero) is 1. The molecule has 0 radical (unpaired) electrons. The molecule has 132 valence electrons. The second-order valence-electron chi connectivity index (χ2n) is 7.66. The molecule has 0 aliphatic carbocycles. The summed E-state index contributed by atoms with van der Waals surface area (Å²) in [6, 6.07) is 13.7. The molecule has 2 aromatic carbocycles. The highest BCUT2D eigenvalue weighted by molar-refractivity contribution is 6.01. The van der Waals surface area contributed by atoms with Gasteiger partial charge in [-0.3, -0.25) is 4.79 Å². The highest BCUT2D eigenvalue weighted by Gasteiger charge is 2.38. The number of methoxy groups -OCH3 is 1. The van der Waals surface area contributed by atoms with E-state index in [-0.39, 0.29) is 11.7 Å². The van der Waals surface area contributed by atoms with Crippen LogP contribution < -0.4 is 9.47 Å². The third-order valence-electron chi connectivity index (χ3n) is 4.86. The maximum absolute atomic E-state index is 13.2. The second kappa shape index (κ2) is 6.55. The van der Waals surface area contributed by atoms with Gasteiger partial charge in [-0.15, -0.1) is 0 Å². The minimum absolute atomic E-state index is 0.151. The number of carbonyl (C=O) groups excluding carboxylic acids is 1. The molecule has 0 fully saturated rings. The average Bonchev–Trinajstić information content (AvgIpc) is 2.59. The number of hydrogen-bond donors (Lipinski definition) is 0. The van der Waals surface area contributed by atoms with E-state index >= 15 is 0 Å². The van der Waals surface area contributed by atoms with Crippen LogP contribution in [0.4, 0.5) is 0 Å². The van der Waals surface area contributed by atoms with Crippen molar-refractivity contribution in [1.29, 1.82) is 0 Å². The molecule has 3 rings (SSSR count). The molecule has 0 amide bonds. The molecule has 1 aliphatic heterocycles. The van der Waals surface area contributed by atoms with E-state index in [1.54, 1.807) is 7.11 Å². The normalized spacial score (nSPS) is 18.4. The van der Waals surface area contributed by atoms with Gasteiger partial charge in [-0.05, 0) is 31.4 Å². The number of hydrogen-bond acceptors (Lipinski definition) is 3. The van der Waals surface area contributed by atoms with Gasteiger partial charge in [-0.2, -0.15) is 0 Å². The topological polar surface area (TPSA) is 35.5 Å². The van der Waals surface area contributed by atoms with Crippen molar-refractivity contribution in [2.24, 2.45) is 0 Å². The van der Waals surface area contributed by atoms with Crippen molar-refractivity contribution in [2.75, 3.05) is 7.11 Å². The summed E-state index contributed by atoms with van der Waals surface area (Å²) >= 11 is 0. The molecule has 1 atom stereocenters. The Morgan fingerprint density at radius 1 is 1.16 bits per heavy atom. The first-order valence-corrected chi connectivity index (χ1v) is 8.82. The summed E-state index contributed by atoms with van der Waals surface area (Å²) in [6.45, 7) is 8.36. The van der Waals surface area contributed by atoms with E-state index in [0.717, 1.165) is 22.6 Å². The summed E-state index contributed by atoms with van der Waals surface area (Å²) in [6.07, 6.45) is 0.664. The number of carbonyl (C=O) groups is 1. The number of ketones is 1. The molecule has 25 heavy (non-hydrogen) atoms. The summed E-state index contributed by atoms with van der Waals surface area (Å²) in [5, 5.41) is 0. The van der Waals surface area contributed by atoms with Crippen molar-refractivity contribution < 1.29 is 14.3 Å². The Hall–Kier alpha value is -2.29. The summed E-state index contributed by atoms with van der Waals surface area (Å²) in [5.41, 5.74) is 2.55. The molecule has 0 saturated heterocycles. The first-order valence-electron chi connectivity index (χ1n) is 8.82. The largest absolute Gasteiger partial charge is 0.497 e. The number of benzene rings is 2. The van der Waals surface area contributed by atoms with Crippen molar-refractivity contribution >= 4 is 5.78 Å². The highest BCUT2D eigenvalue weighted by atomic mass is 16.5. The first-order chi connectivity index (χ1) is 11.8. The van der Waals surface area contributed by atoms with Crippen LogP contribution in [0.2, 0.25) is 0 Å². The zero-order valence-electron chi connectivity index (χ0n) is 15.6. The maximum atomic E-state index is 13.2. The predicted molar refractivity (Wildman–Crippen MR) is 99.9 cm³/mol. The smallest absolute Gasteiger partial charge is 0.170 e. The van der Waals surface area contributed by atoms with Gasteiger partial charge in [0, 0.05) is 23.6 Å². The van der Waals surface area contributed by atoms with Crippen molar-refractivity contribution in [2.45, 2.75) is 51.6 Å². The van der Waals surface area contributed by atoms with Gasteiger partial charge in [0.15, 0.2) is 5.78 Å². The van der Waals surface area contributed by atoms with Gasteiger partial charge in [0.25, 0.3) is 0 Å². The summed E-state index contributed by atoms with van der Waals surface area (Å²) in [4.78, 5) is 13.2. The number of fused-ring (bicyclic) bond motifs is 1. The third kappa shape index (κ3) is 3.55. The third-order valence-corrected chi connectivity index (χ3v) is 4.86. The first kappa shape index (κ1) is 17.5. The Morgan fingerprint density at radius 2 is 1.84 bits per heavy atom. The SMILES string of the molecule is COc1ccc2c(c1)OC(C)(C)CC2C(=O)c1ccc(C(C)C)cc1. The predicted octanol–water partition coefficient (Wildman–Crippen LogP) is 5.35. The van der Waals surface area contributed by atoms with Gasteiger partial charge in [0.05, 0.1) is 13.0 Å². The summed E-state index contributed by atoms with van der Waals surface area (Å²) < 4.78 is 11.4. The molecule has 0 bridgehead atoms. The molecule has 0 aromatic heterocycles. The average molecular weight is 338 g/mol. The fourth-order valence-corrected chi connectivity index (χ4v) is 3.43. The molecular formula is C22H26O3. The van der Waals surface area contributed by atoms with E-state index in [1.165, 1.54) is 5.56 Å². The minimum atomic E-state index is -0.391. The van der Waals surface area contributed by atoms with E-state index in [2.05, 4.69) is 26.0 Å². The summed E-state index contributed by atoms with van der Waals surface area (Å²) in [7, 11) is 1.63. The molecule has 0 spiro atoms. The van der Waals surface area contributed by atoms with Gasteiger partial charge in [-0.1, -0.05) is 44.2 Å². The molecule has 1 aliphatic rings. The van der Waals surface area contributed by atoms with Crippen LogP contribution in [0.25, 0.3) is 0 Å². The Balaban J connectivity index is 1.97. The summed E-state index contributed by atoms with van der Waals surface area (Å²) in [5.74, 6) is 1.89. The van der Waals surface area contributed by atoms with Crippen LogP contribution in [0.3, 0.4) is 0 Å². The molecule has 0 N–H and O–H groups in total. The molecule has 2 aromatic rings. The van der Waals surface area contributed by atoms with E-state index in [9.17, 15) is 4.79 Å². The lowest BCUT2D eigenvalue weighted by Gasteiger charge is -2.37. The van der Waals surface area contributed by atoms with E-state index in [1.807, 2.05) is 44.2 Å². The molecule has 3 nitrogen and oxygen atoms in total. The van der Waals surface area contributed by atoms with Gasteiger partial charge in [0.1, 0.15) is 17.1 Å². The number of rotatable bonds is 4. The van der Waals surface area contributed by atoms with Gasteiger partial charge >= 0.3 is 0 Å². The molecule has 1 heterocycles. The van der Waals surface area contributed by atoms with Crippen LogP contribution in [0.15, 0.2) is 42.5 Å². The van der Waals surface area contributed by atoms with Crippen LogP contribution in [-0.4, -0.2) is 18.5 Å². The van der Waals surface area contributed by atoms with Crippen molar-refractivity contribution in [3.63, 3.8) is 0 Å². The van der Waals surface area contributed by atoms with E-state index in [4.69, 9.17) is 9.47 Å². The molecule has 1 unspecified atom stereocenters. The highest BCUT2D eigenvalue weighted by Crippen LogP contribution is 2.43. The van der Waals surface area contributed by atoms with Crippen LogP contribution in [-0.2, 0) is 0 Å². The molecular weight excluding hydrogens is 312 g/mol. The molecule has 0 saturated carbocycles. The van der Waals surface area contributed by atoms with Crippen molar-refractivity contribution in [1.82, 2.24) is 0 Å². The zero-order chi connectivity index (χ0) is 18.2. The van der Waals surface area contributed by atoms with Crippen molar-refractivity contribution in [3.8, 4) is 11.5 Å². The standard InChI is InChI=1S/C22H26O3/c1-14(2)15-6-8-16(9-7-15)21(23)19-13-22(3,4)25-20-12-17(24-5)10-11-18(19)20/h6-12,14,19H,13H2,1-5H3. The Morgan fingerprint density at radius 3 is 2.44 bits per heavy atom. The van der Waals surface area contributed by atoms with Crippen LogP contribution in [0, 0.1) is 0 Å². The quantitative estimate of drug-likeness (QED) is 0.705. The lowest BCUT2D eigenvalue weighted by molar-refractivity contribution is 0.0616. The minimum Gasteiger partial charge on any atom is -0.497 e. The Bertz CT molecular complexity index is 772. The van der Waals surface area contributed by atoms with E-state index in [0.29, 0.717) is 12.3 Å². The lowest BCUT2D eigenvalue weighted by Crippen LogP contribution is -2.37. The lowest BCUT2D eigenvalue weighted by atomic mass is 9.80. The van der Waals surface area contributed by atoms with Gasteiger partial charge < -0.3 is 9.47 Å². The zero-order valence-corrected chi connectivity index (χ0v) is 15.6. The number of ether oxygens (including phenoxy) is 2. The van der Waals surface area contributed by atoms with Crippen LogP contribution in [0.5, 0.6) is 11.5 Å². The Kier molecular flexibility index (Phi) is 4.59. The van der Waals surface area contributed by atoms with Gasteiger partial charge in [0.2, 0.25) is 0 Å².